The summed E-state index contributed by atoms with van der Waals surface area (Å²) >= 11 is 3.68. The molecule has 0 aliphatic carbocycles. The zero-order valence-corrected chi connectivity index (χ0v) is 11.7. The Morgan fingerprint density at radius 2 is 2.11 bits per heavy atom. The van der Waals surface area contributed by atoms with E-state index in [4.69, 9.17) is 5.26 Å². The number of aliphatic imine (C=N–C) groups is 1. The lowest BCUT2D eigenvalue weighted by atomic mass is 10.1. The first-order valence-electron chi connectivity index (χ1n) is 4.63. The van der Waals surface area contributed by atoms with Gasteiger partial charge in [0.1, 0.15) is 5.69 Å². The zero-order chi connectivity index (χ0) is 14.6. The van der Waals surface area contributed by atoms with E-state index in [-0.39, 0.29) is 9.64 Å². The summed E-state index contributed by atoms with van der Waals surface area (Å²) in [5.74, 6) is -1.13. The van der Waals surface area contributed by atoms with E-state index in [0.29, 0.717) is 0 Å². The predicted molar refractivity (Wildman–Crippen MR) is 68.5 cm³/mol. The van der Waals surface area contributed by atoms with Crippen LogP contribution >= 0.6 is 27.7 Å². The van der Waals surface area contributed by atoms with Gasteiger partial charge in [-0.05, 0) is 18.4 Å². The van der Waals surface area contributed by atoms with Crippen molar-refractivity contribution in [3.8, 4) is 6.19 Å². The lowest BCUT2D eigenvalue weighted by molar-refractivity contribution is -0.137. The average molecular weight is 356 g/mol. The highest BCUT2D eigenvalue weighted by atomic mass is 79.9. The first-order chi connectivity index (χ1) is 8.79. The molecule has 19 heavy (non-hydrogen) atoms. The number of hydrogen-bond donors (Lipinski definition) is 1. The van der Waals surface area contributed by atoms with Crippen LogP contribution in [0, 0.1) is 17.3 Å². The van der Waals surface area contributed by atoms with Crippen LogP contribution in [0.3, 0.4) is 0 Å². The highest BCUT2D eigenvalue weighted by Gasteiger charge is 2.35. The molecule has 0 aromatic heterocycles. The van der Waals surface area contributed by atoms with Gasteiger partial charge in [0.15, 0.2) is 17.2 Å². The lowest BCUT2D eigenvalue weighted by Gasteiger charge is -2.12. The number of halogens is 5. The molecule has 9 heteroatoms. The minimum Gasteiger partial charge on any atom is -0.271 e. The van der Waals surface area contributed by atoms with Crippen LogP contribution in [-0.4, -0.2) is 11.4 Å². The van der Waals surface area contributed by atoms with E-state index in [2.05, 4.69) is 26.2 Å². The molecule has 1 rings (SSSR count). The van der Waals surface area contributed by atoms with Crippen LogP contribution in [0.25, 0.3) is 0 Å². The van der Waals surface area contributed by atoms with E-state index in [9.17, 15) is 17.6 Å². The van der Waals surface area contributed by atoms with Crippen molar-refractivity contribution in [2.75, 3.05) is 6.26 Å². The Kier molecular flexibility index (Phi) is 5.20. The average Bonchev–Trinajstić information content (AvgIpc) is 2.29. The summed E-state index contributed by atoms with van der Waals surface area (Å²) < 4.78 is 52.0. The van der Waals surface area contributed by atoms with Gasteiger partial charge in [0.05, 0.1) is 5.56 Å². The summed E-state index contributed by atoms with van der Waals surface area (Å²) in [6.45, 7) is 0. The number of rotatable bonds is 1. The van der Waals surface area contributed by atoms with Gasteiger partial charge < -0.3 is 0 Å². The molecule has 0 radical (unpaired) electrons. The molecule has 1 N–H and O–H groups in total. The molecule has 0 unspecified atom stereocenters. The first-order valence-corrected chi connectivity index (χ1v) is 6.65. The van der Waals surface area contributed by atoms with Gasteiger partial charge in [-0.2, -0.15) is 18.4 Å². The summed E-state index contributed by atoms with van der Waals surface area (Å²) in [4.78, 5) is 3.50. The molecule has 0 atom stereocenters. The van der Waals surface area contributed by atoms with Crippen LogP contribution in [0.2, 0.25) is 0 Å². The van der Waals surface area contributed by atoms with Gasteiger partial charge in [0, 0.05) is 4.47 Å². The molecular formula is C10H6BrF4N3S. The van der Waals surface area contributed by atoms with E-state index in [0.717, 1.165) is 23.9 Å². The number of alkyl halides is 3. The third-order valence-electron chi connectivity index (χ3n) is 1.90. The van der Waals surface area contributed by atoms with Crippen LogP contribution in [-0.2, 0) is 6.18 Å². The number of thioether (sulfide) groups is 1. The Morgan fingerprint density at radius 3 is 2.58 bits per heavy atom. The highest BCUT2D eigenvalue weighted by molar-refractivity contribution is 9.10. The molecule has 0 bridgehead atoms. The lowest BCUT2D eigenvalue weighted by Crippen LogP contribution is -2.14. The number of hydrogen-bond acceptors (Lipinski definition) is 3. The molecule has 3 nitrogen and oxygen atoms in total. The number of nitriles is 1. The van der Waals surface area contributed by atoms with Crippen molar-refractivity contribution in [1.29, 1.82) is 5.26 Å². The fourth-order valence-electron chi connectivity index (χ4n) is 1.17. The fraction of sp³-hybridized carbons (Fsp3) is 0.200. The van der Waals surface area contributed by atoms with Gasteiger partial charge in [0.2, 0.25) is 0 Å². The highest BCUT2D eigenvalue weighted by Crippen LogP contribution is 2.39. The summed E-state index contributed by atoms with van der Waals surface area (Å²) in [6, 6.07) is 1.60. The molecular weight excluding hydrogens is 350 g/mol. The van der Waals surface area contributed by atoms with Crippen molar-refractivity contribution >= 4 is 38.5 Å². The van der Waals surface area contributed by atoms with Crippen LogP contribution in [0.4, 0.5) is 23.2 Å². The third kappa shape index (κ3) is 4.11. The number of nitrogens with zero attached hydrogens (tertiary/aromatic N) is 2. The summed E-state index contributed by atoms with van der Waals surface area (Å²) in [7, 11) is 0. The Bertz CT molecular complexity index is 551. The topological polar surface area (TPSA) is 48.2 Å². The van der Waals surface area contributed by atoms with Crippen LogP contribution < -0.4 is 5.32 Å². The standard InChI is InChI=1S/C10H6BrF4N3S/c1-19-9(17-4-16)18-8-6(10(13,14)15)2-5(11)3-7(8)12/h2-3H,1H3,(H,17,18). The molecule has 0 saturated heterocycles. The molecule has 0 fully saturated rings. The molecule has 1 aromatic carbocycles. The van der Waals surface area contributed by atoms with Crippen LogP contribution in [0.5, 0.6) is 0 Å². The monoisotopic (exact) mass is 355 g/mol. The second kappa shape index (κ2) is 6.25. The molecule has 0 spiro atoms. The van der Waals surface area contributed by atoms with Crippen molar-refractivity contribution in [3.63, 3.8) is 0 Å². The SMILES string of the molecule is CSC(=Nc1c(F)cc(Br)cc1C(F)(F)F)NC#N. The third-order valence-corrected chi connectivity index (χ3v) is 2.94. The van der Waals surface area contributed by atoms with E-state index >= 15 is 0 Å². The molecule has 1 aromatic rings. The maximum Gasteiger partial charge on any atom is 0.418 e. The van der Waals surface area contributed by atoms with Gasteiger partial charge in [-0.15, -0.1) is 0 Å². The summed E-state index contributed by atoms with van der Waals surface area (Å²) in [5.41, 5.74) is -2.08. The quantitative estimate of drug-likeness (QED) is 0.272. The van der Waals surface area contributed by atoms with E-state index < -0.39 is 23.2 Å². The molecule has 0 aliphatic heterocycles. The van der Waals surface area contributed by atoms with Crippen LogP contribution in [0.15, 0.2) is 21.6 Å². The molecule has 0 amide bonds. The Labute approximate surface area is 118 Å². The number of benzene rings is 1. The smallest absolute Gasteiger partial charge is 0.271 e. The second-order valence-electron chi connectivity index (χ2n) is 3.14. The predicted octanol–water partition coefficient (Wildman–Crippen LogP) is 4.03. The van der Waals surface area contributed by atoms with E-state index in [1.54, 1.807) is 0 Å². The van der Waals surface area contributed by atoms with Crippen molar-refractivity contribution in [2.45, 2.75) is 6.18 Å². The Balaban J connectivity index is 3.46. The van der Waals surface area contributed by atoms with E-state index in [1.807, 2.05) is 0 Å². The Morgan fingerprint density at radius 1 is 1.47 bits per heavy atom. The fourth-order valence-corrected chi connectivity index (χ4v) is 1.93. The molecule has 0 saturated carbocycles. The minimum atomic E-state index is -4.75. The van der Waals surface area contributed by atoms with Crippen molar-refractivity contribution in [3.05, 3.63) is 28.0 Å². The first kappa shape index (κ1) is 15.8. The summed E-state index contributed by atoms with van der Waals surface area (Å²) in [6.07, 6.45) is -1.74. The van der Waals surface area contributed by atoms with Gasteiger partial charge in [-0.25, -0.2) is 9.38 Å². The molecule has 0 heterocycles. The Hall–Kier alpha value is -1.27. The van der Waals surface area contributed by atoms with Crippen molar-refractivity contribution < 1.29 is 17.6 Å². The van der Waals surface area contributed by atoms with Gasteiger partial charge >= 0.3 is 6.18 Å². The van der Waals surface area contributed by atoms with Crippen molar-refractivity contribution in [2.24, 2.45) is 4.99 Å². The van der Waals surface area contributed by atoms with Crippen molar-refractivity contribution in [1.82, 2.24) is 5.32 Å². The molecule has 0 aliphatic rings. The van der Waals surface area contributed by atoms with Crippen LogP contribution in [0.1, 0.15) is 5.56 Å². The minimum absolute atomic E-state index is 0.0461. The van der Waals surface area contributed by atoms with Gasteiger partial charge in [-0.3, -0.25) is 5.32 Å². The largest absolute Gasteiger partial charge is 0.418 e. The van der Waals surface area contributed by atoms with E-state index in [1.165, 1.54) is 12.4 Å². The normalized spacial score (nSPS) is 12.2. The second-order valence-corrected chi connectivity index (χ2v) is 4.85. The van der Waals surface area contributed by atoms with Gasteiger partial charge in [-0.1, -0.05) is 27.7 Å². The van der Waals surface area contributed by atoms with Gasteiger partial charge in [0.25, 0.3) is 0 Å². The summed E-state index contributed by atoms with van der Waals surface area (Å²) in [5, 5.41) is 10.4. The maximum absolute atomic E-state index is 13.6. The number of nitrogens with one attached hydrogen (secondary N) is 1. The maximum atomic E-state index is 13.6. The molecule has 102 valence electrons. The number of amidine groups is 1. The zero-order valence-electron chi connectivity index (χ0n) is 9.35.